The predicted octanol–water partition coefficient (Wildman–Crippen LogP) is 3.05. The molecule has 0 aliphatic carbocycles. The van der Waals surface area contributed by atoms with Crippen molar-refractivity contribution in [3.8, 4) is 0 Å². The lowest BCUT2D eigenvalue weighted by Crippen LogP contribution is -2.48. The van der Waals surface area contributed by atoms with E-state index in [2.05, 4.69) is 11.6 Å². The summed E-state index contributed by atoms with van der Waals surface area (Å²) >= 11 is 5.36. The normalized spacial score (nSPS) is 12.5. The fourth-order valence-electron chi connectivity index (χ4n) is 2.51. The summed E-state index contributed by atoms with van der Waals surface area (Å²) in [7, 11) is 0. The van der Waals surface area contributed by atoms with Crippen molar-refractivity contribution in [1.82, 2.24) is 0 Å². The Labute approximate surface area is 157 Å². The second-order valence-corrected chi connectivity index (χ2v) is 6.24. The number of nitro groups is 1. The number of nitro benzene ring substituents is 1. The van der Waals surface area contributed by atoms with E-state index in [-0.39, 0.29) is 22.1 Å². The zero-order chi connectivity index (χ0) is 19.3. The van der Waals surface area contributed by atoms with Gasteiger partial charge in [0.15, 0.2) is 12.4 Å². The molecule has 0 bridgehead atoms. The second-order valence-electron chi connectivity index (χ2n) is 5.82. The van der Waals surface area contributed by atoms with Crippen LogP contribution in [0.15, 0.2) is 60.4 Å². The molecule has 26 heavy (non-hydrogen) atoms. The fraction of sp³-hybridized carbons (Fsp3) is 0.211. The molecule has 1 heterocycles. The number of hydrogen-bond donors (Lipinski definition) is 0. The van der Waals surface area contributed by atoms with E-state index in [1.54, 1.807) is 42.1 Å². The van der Waals surface area contributed by atoms with Crippen LogP contribution in [0.4, 0.5) is 5.69 Å². The molecule has 1 atom stereocenters. The van der Waals surface area contributed by atoms with Crippen molar-refractivity contribution >= 4 is 29.1 Å². The van der Waals surface area contributed by atoms with Gasteiger partial charge in [-0.25, -0.2) is 0 Å². The van der Waals surface area contributed by atoms with E-state index in [9.17, 15) is 14.9 Å². The zero-order valence-corrected chi connectivity index (χ0v) is 15.4. The third-order valence-electron chi connectivity index (χ3n) is 3.82. The topological polar surface area (TPSA) is 76.4 Å². The lowest BCUT2D eigenvalue weighted by Gasteiger charge is -2.18. The number of pyridine rings is 1. The Kier molecular flexibility index (Phi) is 6.30. The lowest BCUT2D eigenvalue weighted by atomic mass is 10.0. The van der Waals surface area contributed by atoms with Crippen LogP contribution in [0.1, 0.15) is 27.5 Å². The largest absolute Gasteiger partial charge is 0.758 e. The number of hydrogen-bond acceptors (Lipinski definition) is 5. The molecule has 0 aliphatic heterocycles. The quantitative estimate of drug-likeness (QED) is 0.110. The molecule has 1 aromatic carbocycles. The van der Waals surface area contributed by atoms with Crippen LogP contribution in [-0.2, 0) is 12.6 Å². The van der Waals surface area contributed by atoms with Crippen LogP contribution in [0.25, 0.3) is 0 Å². The van der Waals surface area contributed by atoms with Crippen LogP contribution < -0.4 is 4.57 Å². The van der Waals surface area contributed by atoms with E-state index >= 15 is 0 Å². The van der Waals surface area contributed by atoms with Gasteiger partial charge in [0, 0.05) is 28.8 Å². The van der Waals surface area contributed by atoms with Gasteiger partial charge in [-0.1, -0.05) is 18.2 Å². The highest BCUT2D eigenvalue weighted by Gasteiger charge is 2.29. The molecule has 0 radical (unpaired) electrons. The molecule has 0 spiro atoms. The van der Waals surface area contributed by atoms with Gasteiger partial charge in [0.05, 0.1) is 11.5 Å². The summed E-state index contributed by atoms with van der Waals surface area (Å²) in [6.07, 6.45) is 5.11. The number of carbonyl (C=O) groups excluding carboxylic acids is 1. The molecule has 0 amide bonds. The summed E-state index contributed by atoms with van der Waals surface area (Å²) in [5.41, 5.74) is 1.56. The first-order valence-electron chi connectivity index (χ1n) is 7.94. The minimum atomic E-state index is -0.854. The summed E-state index contributed by atoms with van der Waals surface area (Å²) in [6.45, 7) is 7.43. The van der Waals surface area contributed by atoms with Crippen LogP contribution in [0.3, 0.4) is 0 Å². The molecular formula is C19H19N3O3S. The van der Waals surface area contributed by atoms with Crippen molar-refractivity contribution in [3.63, 3.8) is 0 Å². The van der Waals surface area contributed by atoms with Gasteiger partial charge in [-0.05, 0) is 25.0 Å². The summed E-state index contributed by atoms with van der Waals surface area (Å²) in [4.78, 5) is 28.0. The van der Waals surface area contributed by atoms with Crippen LogP contribution in [-0.4, -0.2) is 22.3 Å². The maximum atomic E-state index is 13.1. The summed E-state index contributed by atoms with van der Waals surface area (Å²) in [5.74, 6) is -0.346. The Balaban J connectivity index is 2.55. The molecule has 0 fully saturated rings. The van der Waals surface area contributed by atoms with Gasteiger partial charge < -0.3 is 17.6 Å². The van der Waals surface area contributed by atoms with Gasteiger partial charge in [-0.3, -0.25) is 14.9 Å². The van der Waals surface area contributed by atoms with Crippen LogP contribution >= 0.6 is 0 Å². The fourth-order valence-corrected chi connectivity index (χ4v) is 2.81. The van der Waals surface area contributed by atoms with E-state index in [1.165, 1.54) is 6.07 Å². The Hall–Kier alpha value is -2.93. The highest BCUT2D eigenvalue weighted by atomic mass is 32.1. The molecule has 0 saturated heterocycles. The average molecular weight is 369 g/mol. The van der Waals surface area contributed by atoms with Crippen LogP contribution in [0.5, 0.6) is 0 Å². The molecule has 0 unspecified atom stereocenters. The molecule has 0 N–H and O–H groups in total. The van der Waals surface area contributed by atoms with E-state index in [0.29, 0.717) is 12.1 Å². The molecule has 2 aromatic rings. The monoisotopic (exact) mass is 369 g/mol. The molecule has 0 saturated carbocycles. The minimum absolute atomic E-state index is 0.0993. The van der Waals surface area contributed by atoms with Crippen LogP contribution in [0, 0.1) is 24.0 Å². The van der Waals surface area contributed by atoms with E-state index in [1.807, 2.05) is 19.1 Å². The van der Waals surface area contributed by atoms with E-state index < -0.39 is 11.0 Å². The van der Waals surface area contributed by atoms with E-state index in [4.69, 9.17) is 12.6 Å². The molecule has 0 aliphatic rings. The van der Waals surface area contributed by atoms with Crippen LogP contribution in [0.2, 0.25) is 0 Å². The number of carbonyl (C=O) groups is 1. The first-order valence-corrected chi connectivity index (χ1v) is 8.35. The Bertz CT molecular complexity index is 893. The maximum Gasteiger partial charge on any atom is 0.273 e. The number of aromatic nitrogens is 1. The van der Waals surface area contributed by atoms with Crippen molar-refractivity contribution in [2.45, 2.75) is 19.9 Å². The predicted molar refractivity (Wildman–Crippen MR) is 102 cm³/mol. The summed E-state index contributed by atoms with van der Waals surface area (Å²) < 4.78 is 1.68. The number of ketones is 1. The standard InChI is InChI=1S/C19H19N3O3S/c1-4-9-20-19(26)17(21-10-5-6-13(2)12-21)18(23)15-8-7-14(3)16(11-15)22(24)25/h4-8,10-12,17H,1,9H2,2-3H3/t17-/m1/s1. The molecular weight excluding hydrogens is 350 g/mol. The number of Topliss-reactive ketones (excluding diaryl/α,β-unsaturated/α-hetero) is 1. The maximum absolute atomic E-state index is 13.1. The van der Waals surface area contributed by atoms with Crippen molar-refractivity contribution in [2.24, 2.45) is 4.99 Å². The number of aryl methyl sites for hydroxylation is 2. The third-order valence-corrected chi connectivity index (χ3v) is 4.17. The lowest BCUT2D eigenvalue weighted by molar-refractivity contribution is -0.692. The first-order chi connectivity index (χ1) is 12.3. The van der Waals surface area contributed by atoms with Crippen molar-refractivity contribution in [3.05, 3.63) is 82.2 Å². The molecule has 1 aromatic heterocycles. The highest BCUT2D eigenvalue weighted by Crippen LogP contribution is 2.22. The molecule has 6 nitrogen and oxygen atoms in total. The Morgan fingerprint density at radius 2 is 2.15 bits per heavy atom. The Morgan fingerprint density at radius 1 is 1.42 bits per heavy atom. The summed E-state index contributed by atoms with van der Waals surface area (Å²) in [6, 6.07) is 7.28. The number of benzene rings is 1. The SMILES string of the molecule is C=CCN=C([S-])[C@@H](C(=O)c1ccc(C)c([N+](=O)[O-])c1)[n+]1cccc(C)c1. The zero-order valence-electron chi connectivity index (χ0n) is 14.6. The number of aliphatic imine (C=N–C) groups is 1. The molecule has 7 heteroatoms. The Morgan fingerprint density at radius 3 is 2.77 bits per heavy atom. The van der Waals surface area contributed by atoms with Gasteiger partial charge in [-0.2, -0.15) is 4.57 Å². The van der Waals surface area contributed by atoms with Crippen molar-refractivity contribution in [1.29, 1.82) is 0 Å². The van der Waals surface area contributed by atoms with Crippen molar-refractivity contribution in [2.75, 3.05) is 6.54 Å². The second kappa shape index (κ2) is 8.44. The molecule has 134 valence electrons. The average Bonchev–Trinajstić information content (AvgIpc) is 2.60. The minimum Gasteiger partial charge on any atom is -0.758 e. The smallest absolute Gasteiger partial charge is 0.273 e. The van der Waals surface area contributed by atoms with Gasteiger partial charge in [0.25, 0.3) is 5.69 Å². The third kappa shape index (κ3) is 4.37. The number of rotatable bonds is 7. The van der Waals surface area contributed by atoms with Gasteiger partial charge in [0.1, 0.15) is 0 Å². The van der Waals surface area contributed by atoms with Gasteiger partial charge in [-0.15, -0.1) is 6.58 Å². The van der Waals surface area contributed by atoms with Gasteiger partial charge in [0.2, 0.25) is 11.8 Å². The van der Waals surface area contributed by atoms with Crippen molar-refractivity contribution < 1.29 is 14.3 Å². The van der Waals surface area contributed by atoms with Gasteiger partial charge >= 0.3 is 0 Å². The highest BCUT2D eigenvalue weighted by molar-refractivity contribution is 7.77. The first kappa shape index (κ1) is 19.4. The van der Waals surface area contributed by atoms with E-state index in [0.717, 1.165) is 5.56 Å². The summed E-state index contributed by atoms with van der Waals surface area (Å²) in [5, 5.41) is 11.4. The molecule has 2 rings (SSSR count). The number of nitrogens with zero attached hydrogens (tertiary/aromatic N) is 3.